The zero-order chi connectivity index (χ0) is 11.8. The average molecular weight is 237 g/mol. The Balaban J connectivity index is 1.92. The molecule has 92 valence electrons. The van der Waals surface area contributed by atoms with Crippen LogP contribution < -0.4 is 5.32 Å². The highest BCUT2D eigenvalue weighted by molar-refractivity contribution is 5.86. The maximum absolute atomic E-state index is 10.9. The van der Waals surface area contributed by atoms with E-state index in [1.54, 1.807) is 6.07 Å². The summed E-state index contributed by atoms with van der Waals surface area (Å²) < 4.78 is 7.23. The molecular formula is C11H15N3O3. The molecule has 0 bridgehead atoms. The first-order valence-electron chi connectivity index (χ1n) is 5.90. The van der Waals surface area contributed by atoms with Gasteiger partial charge in [-0.15, -0.1) is 0 Å². The fourth-order valence-corrected chi connectivity index (χ4v) is 2.65. The van der Waals surface area contributed by atoms with E-state index in [0.717, 1.165) is 38.4 Å². The molecule has 0 aliphatic carbocycles. The van der Waals surface area contributed by atoms with E-state index in [4.69, 9.17) is 9.84 Å². The minimum absolute atomic E-state index is 0.110. The largest absolute Gasteiger partial charge is 0.476 e. The zero-order valence-corrected chi connectivity index (χ0v) is 9.43. The monoisotopic (exact) mass is 237 g/mol. The van der Waals surface area contributed by atoms with Crippen molar-refractivity contribution in [3.63, 3.8) is 0 Å². The predicted octanol–water partition coefficient (Wildman–Crippen LogP) is 0.974. The first-order chi connectivity index (χ1) is 8.25. The molecule has 2 atom stereocenters. The van der Waals surface area contributed by atoms with Crippen molar-refractivity contribution in [3.05, 3.63) is 11.8 Å². The fourth-order valence-electron chi connectivity index (χ4n) is 2.65. The number of nitrogens with one attached hydrogen (secondary N) is 1. The van der Waals surface area contributed by atoms with E-state index in [2.05, 4.69) is 10.4 Å². The number of ether oxygens (including phenoxy) is 1. The quantitative estimate of drug-likeness (QED) is 0.801. The van der Waals surface area contributed by atoms with Crippen molar-refractivity contribution >= 4 is 11.8 Å². The normalized spacial score (nSPS) is 27.5. The molecule has 3 heterocycles. The van der Waals surface area contributed by atoms with Gasteiger partial charge in [0.05, 0.1) is 12.6 Å². The SMILES string of the molecule is O=C(O)c1cc2n(n1)C(C1CCOC1)CCN2. The first kappa shape index (κ1) is 10.6. The van der Waals surface area contributed by atoms with Crippen molar-refractivity contribution in [2.75, 3.05) is 25.1 Å². The van der Waals surface area contributed by atoms with Crippen molar-refractivity contribution in [1.82, 2.24) is 9.78 Å². The lowest BCUT2D eigenvalue weighted by Gasteiger charge is -2.29. The summed E-state index contributed by atoms with van der Waals surface area (Å²) in [5.74, 6) is 0.290. The van der Waals surface area contributed by atoms with Crippen LogP contribution in [0.15, 0.2) is 6.07 Å². The Kier molecular flexibility index (Phi) is 2.51. The Bertz CT molecular complexity index is 437. The van der Waals surface area contributed by atoms with Crippen LogP contribution in [-0.4, -0.2) is 40.6 Å². The summed E-state index contributed by atoms with van der Waals surface area (Å²) in [4.78, 5) is 10.9. The van der Waals surface area contributed by atoms with E-state index >= 15 is 0 Å². The molecule has 0 saturated carbocycles. The van der Waals surface area contributed by atoms with Gasteiger partial charge in [-0.3, -0.25) is 0 Å². The summed E-state index contributed by atoms with van der Waals surface area (Å²) >= 11 is 0. The van der Waals surface area contributed by atoms with Crippen LogP contribution in [0.5, 0.6) is 0 Å². The summed E-state index contributed by atoms with van der Waals surface area (Å²) in [6.07, 6.45) is 2.01. The standard InChI is InChI=1S/C11H15N3O3/c15-11(16)8-5-10-12-3-1-9(14(10)13-8)7-2-4-17-6-7/h5,7,9,12H,1-4,6H2,(H,15,16). The molecule has 0 spiro atoms. The highest BCUT2D eigenvalue weighted by Gasteiger charge is 2.32. The summed E-state index contributed by atoms with van der Waals surface area (Å²) in [7, 11) is 0. The second-order valence-corrected chi connectivity index (χ2v) is 4.57. The molecule has 0 aromatic carbocycles. The van der Waals surface area contributed by atoms with Crippen LogP contribution in [0.2, 0.25) is 0 Å². The molecule has 6 nitrogen and oxygen atoms in total. The lowest BCUT2D eigenvalue weighted by Crippen LogP contribution is -2.29. The van der Waals surface area contributed by atoms with Crippen molar-refractivity contribution in [1.29, 1.82) is 0 Å². The highest BCUT2D eigenvalue weighted by Crippen LogP contribution is 2.34. The molecule has 1 aromatic rings. The number of aromatic nitrogens is 2. The Morgan fingerprint density at radius 2 is 2.47 bits per heavy atom. The molecule has 2 aliphatic heterocycles. The molecule has 6 heteroatoms. The van der Waals surface area contributed by atoms with Gasteiger partial charge < -0.3 is 15.2 Å². The molecule has 17 heavy (non-hydrogen) atoms. The molecule has 2 aliphatic rings. The number of fused-ring (bicyclic) bond motifs is 1. The van der Waals surface area contributed by atoms with E-state index in [-0.39, 0.29) is 11.7 Å². The van der Waals surface area contributed by atoms with Crippen LogP contribution in [-0.2, 0) is 4.74 Å². The number of hydrogen-bond donors (Lipinski definition) is 2. The van der Waals surface area contributed by atoms with Crippen LogP contribution in [0.25, 0.3) is 0 Å². The molecular weight excluding hydrogens is 222 g/mol. The molecule has 3 rings (SSSR count). The van der Waals surface area contributed by atoms with Crippen LogP contribution in [0.4, 0.5) is 5.82 Å². The molecule has 2 unspecified atom stereocenters. The Hall–Kier alpha value is -1.56. The van der Waals surface area contributed by atoms with Crippen molar-refractivity contribution < 1.29 is 14.6 Å². The van der Waals surface area contributed by atoms with Gasteiger partial charge in [0, 0.05) is 25.1 Å². The third-order valence-electron chi connectivity index (χ3n) is 3.52. The summed E-state index contributed by atoms with van der Waals surface area (Å²) in [6, 6.07) is 1.87. The molecule has 1 fully saturated rings. The third kappa shape index (κ3) is 1.78. The van der Waals surface area contributed by atoms with Crippen molar-refractivity contribution in [2.45, 2.75) is 18.9 Å². The lowest BCUT2D eigenvalue weighted by molar-refractivity contribution is 0.0688. The second-order valence-electron chi connectivity index (χ2n) is 4.57. The fraction of sp³-hybridized carbons (Fsp3) is 0.636. The van der Waals surface area contributed by atoms with E-state index in [1.165, 1.54) is 0 Å². The van der Waals surface area contributed by atoms with E-state index in [0.29, 0.717) is 5.92 Å². The van der Waals surface area contributed by atoms with Gasteiger partial charge in [0.1, 0.15) is 5.82 Å². The van der Waals surface area contributed by atoms with Crippen LogP contribution in [0.1, 0.15) is 29.4 Å². The Labute approximate surface area is 98.6 Å². The first-order valence-corrected chi connectivity index (χ1v) is 5.90. The molecule has 0 amide bonds. The van der Waals surface area contributed by atoms with Gasteiger partial charge in [-0.1, -0.05) is 0 Å². The Morgan fingerprint density at radius 3 is 3.18 bits per heavy atom. The molecule has 1 aromatic heterocycles. The number of carbonyl (C=O) groups is 1. The van der Waals surface area contributed by atoms with Crippen LogP contribution in [0.3, 0.4) is 0 Å². The smallest absolute Gasteiger partial charge is 0.356 e. The minimum Gasteiger partial charge on any atom is -0.476 e. The summed E-state index contributed by atoms with van der Waals surface area (Å²) in [5, 5.41) is 16.3. The zero-order valence-electron chi connectivity index (χ0n) is 9.43. The van der Waals surface area contributed by atoms with E-state index < -0.39 is 5.97 Å². The Morgan fingerprint density at radius 1 is 1.59 bits per heavy atom. The van der Waals surface area contributed by atoms with Gasteiger partial charge in [-0.25, -0.2) is 9.48 Å². The number of nitrogens with zero attached hydrogens (tertiary/aromatic N) is 2. The minimum atomic E-state index is -0.977. The van der Waals surface area contributed by atoms with Crippen LogP contribution in [0, 0.1) is 5.92 Å². The average Bonchev–Trinajstić information content (AvgIpc) is 2.97. The second kappa shape index (κ2) is 4.03. The van der Waals surface area contributed by atoms with Gasteiger partial charge in [0.2, 0.25) is 0 Å². The van der Waals surface area contributed by atoms with Gasteiger partial charge >= 0.3 is 5.97 Å². The number of rotatable bonds is 2. The number of hydrogen-bond acceptors (Lipinski definition) is 4. The molecule has 2 N–H and O–H groups in total. The summed E-state index contributed by atoms with van der Waals surface area (Å²) in [5.41, 5.74) is 0.110. The third-order valence-corrected chi connectivity index (χ3v) is 3.52. The van der Waals surface area contributed by atoms with Gasteiger partial charge in [-0.2, -0.15) is 5.10 Å². The topological polar surface area (TPSA) is 76.4 Å². The van der Waals surface area contributed by atoms with E-state index in [1.807, 2.05) is 4.68 Å². The number of carboxylic acids is 1. The maximum Gasteiger partial charge on any atom is 0.356 e. The lowest BCUT2D eigenvalue weighted by atomic mass is 9.95. The van der Waals surface area contributed by atoms with Crippen LogP contribution >= 0.6 is 0 Å². The number of aromatic carboxylic acids is 1. The molecule has 0 radical (unpaired) electrons. The number of carboxylic acid groups (broad SMARTS) is 1. The predicted molar refractivity (Wildman–Crippen MR) is 60.3 cm³/mol. The van der Waals surface area contributed by atoms with Gasteiger partial charge in [-0.05, 0) is 12.8 Å². The maximum atomic E-state index is 10.9. The molecule has 1 saturated heterocycles. The highest BCUT2D eigenvalue weighted by atomic mass is 16.5. The van der Waals surface area contributed by atoms with Gasteiger partial charge in [0.15, 0.2) is 5.69 Å². The number of anilines is 1. The van der Waals surface area contributed by atoms with Crippen molar-refractivity contribution in [3.8, 4) is 0 Å². The van der Waals surface area contributed by atoms with Crippen molar-refractivity contribution in [2.24, 2.45) is 5.92 Å². The van der Waals surface area contributed by atoms with E-state index in [9.17, 15) is 4.79 Å². The van der Waals surface area contributed by atoms with Gasteiger partial charge in [0.25, 0.3) is 0 Å². The summed E-state index contributed by atoms with van der Waals surface area (Å²) in [6.45, 7) is 2.43.